The number of hydrogen-bond donors (Lipinski definition) is 1. The molecule has 46 heavy (non-hydrogen) atoms. The molecular formula is C41H78O5. The van der Waals surface area contributed by atoms with Crippen LogP contribution in [0.5, 0.6) is 0 Å². The minimum absolute atomic E-state index is 0.0632. The normalized spacial score (nSPS) is 12.2. The van der Waals surface area contributed by atoms with Crippen LogP contribution in [0.2, 0.25) is 0 Å². The van der Waals surface area contributed by atoms with E-state index in [1.165, 1.54) is 154 Å². The Bertz CT molecular complexity index is 661. The molecule has 0 saturated heterocycles. The van der Waals surface area contributed by atoms with Crippen LogP contribution in [0.1, 0.15) is 219 Å². The quantitative estimate of drug-likeness (QED) is 0.0411. The fourth-order valence-electron chi connectivity index (χ4n) is 5.96. The molecule has 0 amide bonds. The van der Waals surface area contributed by atoms with Crippen molar-refractivity contribution in [1.82, 2.24) is 0 Å². The van der Waals surface area contributed by atoms with E-state index >= 15 is 0 Å². The Labute approximate surface area is 286 Å². The van der Waals surface area contributed by atoms with Gasteiger partial charge in [0.25, 0.3) is 0 Å². The summed E-state index contributed by atoms with van der Waals surface area (Å²) in [5.41, 5.74) is 0. The van der Waals surface area contributed by atoms with Gasteiger partial charge >= 0.3 is 11.9 Å². The van der Waals surface area contributed by atoms with Gasteiger partial charge < -0.3 is 14.6 Å². The van der Waals surface area contributed by atoms with Gasteiger partial charge in [0.2, 0.25) is 0 Å². The Kier molecular flexibility index (Phi) is 37.0. The van der Waals surface area contributed by atoms with Crippen molar-refractivity contribution in [3.8, 4) is 0 Å². The second kappa shape index (κ2) is 38.1. The Morgan fingerprint density at radius 1 is 0.478 bits per heavy atom. The van der Waals surface area contributed by atoms with E-state index < -0.39 is 6.10 Å². The average Bonchev–Trinajstić information content (AvgIpc) is 3.06. The molecule has 0 heterocycles. The number of carbonyl (C=O) groups is 2. The molecule has 5 nitrogen and oxygen atoms in total. The zero-order chi connectivity index (χ0) is 33.6. The summed E-state index contributed by atoms with van der Waals surface area (Å²) in [6, 6.07) is 0. The molecule has 1 N–H and O–H groups in total. The number of esters is 2. The minimum atomic E-state index is -0.768. The van der Waals surface area contributed by atoms with E-state index in [0.29, 0.717) is 12.8 Å². The Morgan fingerprint density at radius 3 is 1.20 bits per heavy atom. The molecule has 0 aromatic rings. The SMILES string of the molecule is CCCCCC/C=C/CCCCCCCC(=O)O[C@@H](CO)COC(=O)CCCCCCCCCCCCCCCCCCCCC. The first-order chi connectivity index (χ1) is 22.6. The van der Waals surface area contributed by atoms with E-state index in [1.54, 1.807) is 0 Å². The monoisotopic (exact) mass is 651 g/mol. The lowest BCUT2D eigenvalue weighted by molar-refractivity contribution is -0.161. The van der Waals surface area contributed by atoms with Gasteiger partial charge in [-0.25, -0.2) is 0 Å². The number of aliphatic hydroxyl groups excluding tert-OH is 1. The van der Waals surface area contributed by atoms with E-state index in [9.17, 15) is 14.7 Å². The number of unbranched alkanes of at least 4 members (excludes halogenated alkanes) is 27. The highest BCUT2D eigenvalue weighted by Crippen LogP contribution is 2.15. The highest BCUT2D eigenvalue weighted by molar-refractivity contribution is 5.70. The largest absolute Gasteiger partial charge is 0.462 e. The summed E-state index contributed by atoms with van der Waals surface area (Å²) in [6.07, 6.45) is 42.8. The number of ether oxygens (including phenoxy) is 2. The minimum Gasteiger partial charge on any atom is -0.462 e. The summed E-state index contributed by atoms with van der Waals surface area (Å²) in [5.74, 6) is -0.590. The molecule has 0 aliphatic carbocycles. The molecule has 0 unspecified atom stereocenters. The lowest BCUT2D eigenvalue weighted by Crippen LogP contribution is -2.28. The summed E-state index contributed by atoms with van der Waals surface area (Å²) >= 11 is 0. The molecule has 0 aliphatic heterocycles. The highest BCUT2D eigenvalue weighted by Gasteiger charge is 2.16. The van der Waals surface area contributed by atoms with Crippen molar-refractivity contribution >= 4 is 11.9 Å². The van der Waals surface area contributed by atoms with Gasteiger partial charge in [0.1, 0.15) is 6.61 Å². The predicted octanol–water partition coefficient (Wildman–Crippen LogP) is 12.5. The molecule has 0 saturated carbocycles. The van der Waals surface area contributed by atoms with Crippen LogP contribution in [0.25, 0.3) is 0 Å². The second-order valence-corrected chi connectivity index (χ2v) is 13.7. The topological polar surface area (TPSA) is 72.8 Å². The number of aliphatic hydroxyl groups is 1. The number of hydrogen-bond acceptors (Lipinski definition) is 5. The third-order valence-electron chi connectivity index (χ3n) is 9.06. The molecule has 0 aliphatic rings. The fourth-order valence-corrected chi connectivity index (χ4v) is 5.96. The van der Waals surface area contributed by atoms with Crippen LogP contribution in [0.4, 0.5) is 0 Å². The van der Waals surface area contributed by atoms with Gasteiger partial charge in [0.15, 0.2) is 6.10 Å². The molecule has 272 valence electrons. The Morgan fingerprint density at radius 2 is 0.804 bits per heavy atom. The predicted molar refractivity (Wildman–Crippen MR) is 196 cm³/mol. The van der Waals surface area contributed by atoms with Gasteiger partial charge in [-0.3, -0.25) is 9.59 Å². The van der Waals surface area contributed by atoms with Gasteiger partial charge in [0.05, 0.1) is 6.61 Å². The van der Waals surface area contributed by atoms with Gasteiger partial charge in [-0.2, -0.15) is 0 Å². The second-order valence-electron chi connectivity index (χ2n) is 13.7. The van der Waals surface area contributed by atoms with Crippen molar-refractivity contribution in [1.29, 1.82) is 0 Å². The van der Waals surface area contributed by atoms with Crippen molar-refractivity contribution in [2.75, 3.05) is 13.2 Å². The van der Waals surface area contributed by atoms with E-state index in [1.807, 2.05) is 0 Å². The first-order valence-corrected chi connectivity index (χ1v) is 20.2. The summed E-state index contributed by atoms with van der Waals surface area (Å²) in [7, 11) is 0. The van der Waals surface area contributed by atoms with Gasteiger partial charge in [-0.15, -0.1) is 0 Å². The van der Waals surface area contributed by atoms with E-state index in [-0.39, 0.29) is 25.2 Å². The number of allylic oxidation sites excluding steroid dienone is 2. The van der Waals surface area contributed by atoms with Crippen LogP contribution < -0.4 is 0 Å². The summed E-state index contributed by atoms with van der Waals surface area (Å²) in [5, 5.41) is 9.54. The maximum atomic E-state index is 12.1. The van der Waals surface area contributed by atoms with Crippen LogP contribution >= 0.6 is 0 Å². The zero-order valence-electron chi connectivity index (χ0n) is 30.9. The van der Waals surface area contributed by atoms with Crippen LogP contribution in [-0.2, 0) is 19.1 Å². The van der Waals surface area contributed by atoms with Gasteiger partial charge in [-0.1, -0.05) is 180 Å². The molecule has 1 atom stereocenters. The molecular weight excluding hydrogens is 572 g/mol. The average molecular weight is 651 g/mol. The third-order valence-corrected chi connectivity index (χ3v) is 9.06. The van der Waals surface area contributed by atoms with Crippen LogP contribution in [0, 0.1) is 0 Å². The van der Waals surface area contributed by atoms with Crippen molar-refractivity contribution in [2.24, 2.45) is 0 Å². The summed E-state index contributed by atoms with van der Waals surface area (Å²) in [6.45, 7) is 4.13. The third kappa shape index (κ3) is 35.5. The molecule has 0 radical (unpaired) electrons. The maximum absolute atomic E-state index is 12.1. The lowest BCUT2D eigenvalue weighted by atomic mass is 10.0. The molecule has 0 aromatic carbocycles. The lowest BCUT2D eigenvalue weighted by Gasteiger charge is -2.15. The first-order valence-electron chi connectivity index (χ1n) is 20.2. The summed E-state index contributed by atoms with van der Waals surface area (Å²) < 4.78 is 10.6. The standard InChI is InChI=1S/C41H78O5/c1-3-5-7-9-11-13-15-17-18-19-20-21-22-24-25-27-29-31-33-35-40(43)45-38-39(37-42)46-41(44)36-34-32-30-28-26-23-16-14-12-10-8-6-4-2/h14,16,39,42H,3-13,15,17-38H2,1-2H3/b16-14+/t39-/m0/s1. The number of rotatable bonds is 37. The molecule has 0 rings (SSSR count). The van der Waals surface area contributed by atoms with Crippen molar-refractivity contribution in [3.05, 3.63) is 12.2 Å². The molecule has 0 bridgehead atoms. The van der Waals surface area contributed by atoms with Gasteiger partial charge in [0, 0.05) is 12.8 Å². The molecule has 5 heteroatoms. The first kappa shape index (κ1) is 44.6. The molecule has 0 spiro atoms. The van der Waals surface area contributed by atoms with Crippen molar-refractivity contribution < 1.29 is 24.2 Å². The van der Waals surface area contributed by atoms with Crippen LogP contribution in [0.15, 0.2) is 12.2 Å². The smallest absolute Gasteiger partial charge is 0.306 e. The van der Waals surface area contributed by atoms with Crippen LogP contribution in [-0.4, -0.2) is 36.4 Å². The fraction of sp³-hybridized carbons (Fsp3) is 0.902. The van der Waals surface area contributed by atoms with Crippen LogP contribution in [0.3, 0.4) is 0 Å². The zero-order valence-corrected chi connectivity index (χ0v) is 30.9. The Hall–Kier alpha value is -1.36. The molecule has 0 fully saturated rings. The van der Waals surface area contributed by atoms with E-state index in [0.717, 1.165) is 38.5 Å². The van der Waals surface area contributed by atoms with Crippen molar-refractivity contribution in [2.45, 2.75) is 225 Å². The molecule has 0 aromatic heterocycles. The van der Waals surface area contributed by atoms with E-state index in [4.69, 9.17) is 9.47 Å². The summed E-state index contributed by atoms with van der Waals surface area (Å²) in [4.78, 5) is 24.2. The van der Waals surface area contributed by atoms with Crippen molar-refractivity contribution in [3.63, 3.8) is 0 Å². The van der Waals surface area contributed by atoms with Gasteiger partial charge in [-0.05, 0) is 38.5 Å². The number of carbonyl (C=O) groups excluding carboxylic acids is 2. The highest BCUT2D eigenvalue weighted by atomic mass is 16.6. The maximum Gasteiger partial charge on any atom is 0.306 e. The van der Waals surface area contributed by atoms with E-state index in [2.05, 4.69) is 26.0 Å². The Balaban J connectivity index is 3.49.